The minimum Gasteiger partial charge on any atom is -0.463 e. The Balaban J connectivity index is 3.35. The van der Waals surface area contributed by atoms with Gasteiger partial charge in [0.2, 0.25) is 0 Å². The van der Waals surface area contributed by atoms with Crippen molar-refractivity contribution in [3.8, 4) is 6.07 Å². The van der Waals surface area contributed by atoms with Gasteiger partial charge in [-0.2, -0.15) is 5.26 Å². The first-order chi connectivity index (χ1) is 12.0. The highest BCUT2D eigenvalue weighted by molar-refractivity contribution is 9.10. The van der Waals surface area contributed by atoms with Gasteiger partial charge in [0.1, 0.15) is 18.8 Å². The maximum atomic E-state index is 11.5. The SMILES string of the molecule is CC(=O)OC[C@H]1O[C@@](Br)(C#N)[C@H](OC(C)=O)[C@@H](OC(C)=O)[C@@H]1OC(C)=O. The third-order valence-electron chi connectivity index (χ3n) is 3.18. The smallest absolute Gasteiger partial charge is 0.303 e. The number of carbonyl (C=O) groups is 4. The zero-order valence-electron chi connectivity index (χ0n) is 14.5. The molecule has 26 heavy (non-hydrogen) atoms. The Labute approximate surface area is 157 Å². The lowest BCUT2D eigenvalue weighted by molar-refractivity contribution is -0.249. The Hall–Kier alpha value is -2.19. The molecule has 0 spiro atoms. The minimum atomic E-state index is -1.93. The van der Waals surface area contributed by atoms with Crippen molar-refractivity contribution in [3.63, 3.8) is 0 Å². The van der Waals surface area contributed by atoms with Crippen LogP contribution in [0.25, 0.3) is 0 Å². The Morgan fingerprint density at radius 2 is 1.46 bits per heavy atom. The molecule has 0 unspecified atom stereocenters. The molecule has 1 aliphatic rings. The summed E-state index contributed by atoms with van der Waals surface area (Å²) in [5.74, 6) is -2.94. The summed E-state index contributed by atoms with van der Waals surface area (Å²) in [6, 6.07) is 1.78. The number of nitriles is 1. The van der Waals surface area contributed by atoms with Crippen molar-refractivity contribution >= 4 is 39.8 Å². The predicted molar refractivity (Wildman–Crippen MR) is 85.4 cm³/mol. The largest absolute Gasteiger partial charge is 0.463 e. The van der Waals surface area contributed by atoms with E-state index in [9.17, 15) is 24.4 Å². The number of nitrogens with zero attached hydrogens (tertiary/aromatic N) is 1. The zero-order chi connectivity index (χ0) is 20.1. The van der Waals surface area contributed by atoms with Crippen LogP contribution in [0.15, 0.2) is 0 Å². The lowest BCUT2D eigenvalue weighted by Gasteiger charge is -2.45. The molecule has 0 aromatic heterocycles. The van der Waals surface area contributed by atoms with Crippen LogP contribution in [-0.4, -0.2) is 59.4 Å². The highest BCUT2D eigenvalue weighted by Gasteiger charge is 2.59. The van der Waals surface area contributed by atoms with E-state index in [0.717, 1.165) is 27.7 Å². The van der Waals surface area contributed by atoms with Gasteiger partial charge in [-0.05, 0) is 15.9 Å². The molecule has 0 saturated carbocycles. The van der Waals surface area contributed by atoms with E-state index in [-0.39, 0.29) is 0 Å². The molecular weight excluding hydrogens is 418 g/mol. The Morgan fingerprint density at radius 1 is 0.962 bits per heavy atom. The van der Waals surface area contributed by atoms with E-state index < -0.39 is 59.4 Å². The Morgan fingerprint density at radius 3 is 1.88 bits per heavy atom. The molecule has 1 saturated heterocycles. The van der Waals surface area contributed by atoms with Crippen molar-refractivity contribution in [2.45, 2.75) is 56.6 Å². The van der Waals surface area contributed by atoms with Crippen LogP contribution in [-0.2, 0) is 42.9 Å². The van der Waals surface area contributed by atoms with Crippen molar-refractivity contribution < 1.29 is 42.9 Å². The molecule has 0 radical (unpaired) electrons. The predicted octanol–water partition coefficient (Wildman–Crippen LogP) is 0.358. The molecule has 144 valence electrons. The van der Waals surface area contributed by atoms with E-state index >= 15 is 0 Å². The van der Waals surface area contributed by atoms with Gasteiger partial charge >= 0.3 is 23.9 Å². The topological polar surface area (TPSA) is 138 Å². The highest BCUT2D eigenvalue weighted by Crippen LogP contribution is 2.39. The van der Waals surface area contributed by atoms with Crippen LogP contribution in [0.4, 0.5) is 0 Å². The number of hydrogen-bond donors (Lipinski definition) is 0. The number of esters is 4. The van der Waals surface area contributed by atoms with Gasteiger partial charge in [0, 0.05) is 27.7 Å². The molecule has 0 amide bonds. The number of ether oxygens (including phenoxy) is 5. The molecule has 0 N–H and O–H groups in total. The Bertz CT molecular complexity index is 631. The maximum Gasteiger partial charge on any atom is 0.303 e. The van der Waals surface area contributed by atoms with Gasteiger partial charge in [-0.1, -0.05) is 0 Å². The van der Waals surface area contributed by atoms with Crippen LogP contribution in [0.2, 0.25) is 0 Å². The van der Waals surface area contributed by atoms with Gasteiger partial charge < -0.3 is 23.7 Å². The van der Waals surface area contributed by atoms with Crippen LogP contribution in [0, 0.1) is 11.3 Å². The van der Waals surface area contributed by atoms with Crippen molar-refractivity contribution in [2.75, 3.05) is 6.61 Å². The fourth-order valence-corrected chi connectivity index (χ4v) is 2.94. The van der Waals surface area contributed by atoms with Crippen LogP contribution < -0.4 is 0 Å². The fraction of sp³-hybridized carbons (Fsp3) is 0.667. The molecular formula is C15H18BrNO9. The molecule has 0 bridgehead atoms. The number of carbonyl (C=O) groups excluding carboxylic acids is 4. The van der Waals surface area contributed by atoms with E-state index in [1.807, 2.05) is 0 Å². The summed E-state index contributed by atoms with van der Waals surface area (Å²) in [6.45, 7) is 4.04. The van der Waals surface area contributed by atoms with E-state index in [1.54, 1.807) is 6.07 Å². The second kappa shape index (κ2) is 8.95. The first-order valence-electron chi connectivity index (χ1n) is 7.43. The van der Waals surface area contributed by atoms with Crippen LogP contribution in [0.5, 0.6) is 0 Å². The summed E-state index contributed by atoms with van der Waals surface area (Å²) in [7, 11) is 0. The van der Waals surface area contributed by atoms with Gasteiger partial charge in [-0.15, -0.1) is 0 Å². The van der Waals surface area contributed by atoms with Crippen LogP contribution >= 0.6 is 15.9 Å². The molecule has 0 aromatic rings. The summed E-state index contributed by atoms with van der Waals surface area (Å²) in [5.41, 5.74) is 0. The third-order valence-corrected chi connectivity index (χ3v) is 3.99. The van der Waals surface area contributed by atoms with Gasteiger partial charge in [0.15, 0.2) is 18.3 Å². The summed E-state index contributed by atoms with van der Waals surface area (Å²) < 4.78 is 23.9. The minimum absolute atomic E-state index is 0.396. The lowest BCUT2D eigenvalue weighted by Crippen LogP contribution is -2.65. The zero-order valence-corrected chi connectivity index (χ0v) is 16.1. The third kappa shape index (κ3) is 5.67. The van der Waals surface area contributed by atoms with E-state index in [1.165, 1.54) is 0 Å². The normalized spacial score (nSPS) is 30.5. The molecule has 1 heterocycles. The molecule has 1 aliphatic heterocycles. The van der Waals surface area contributed by atoms with Crippen molar-refractivity contribution in [3.05, 3.63) is 0 Å². The van der Waals surface area contributed by atoms with Gasteiger partial charge in [-0.25, -0.2) is 0 Å². The standard InChI is InChI=1S/C15H18BrNO9/c1-7(18)22-5-11-12(23-8(2)19)13(24-9(3)20)14(25-10(4)21)15(16,6-17)26-11/h11-14H,5H2,1-4H3/t11-,12-,13+,14-,15+/m1/s1. The van der Waals surface area contributed by atoms with Crippen molar-refractivity contribution in [2.24, 2.45) is 0 Å². The molecule has 0 aliphatic carbocycles. The van der Waals surface area contributed by atoms with Crippen molar-refractivity contribution in [1.29, 1.82) is 5.26 Å². The second-order valence-corrected chi connectivity index (χ2v) is 6.57. The number of rotatable bonds is 5. The number of alkyl halides is 1. The number of halogens is 1. The average molecular weight is 436 g/mol. The average Bonchev–Trinajstić information content (AvgIpc) is 2.50. The molecule has 1 fully saturated rings. The quantitative estimate of drug-likeness (QED) is 0.337. The van der Waals surface area contributed by atoms with Gasteiger partial charge in [0.25, 0.3) is 4.51 Å². The maximum absolute atomic E-state index is 11.5. The van der Waals surface area contributed by atoms with Crippen LogP contribution in [0.3, 0.4) is 0 Å². The summed E-state index contributed by atoms with van der Waals surface area (Å²) in [4.78, 5) is 45.5. The molecule has 1 rings (SSSR count). The van der Waals surface area contributed by atoms with Crippen LogP contribution in [0.1, 0.15) is 27.7 Å². The van der Waals surface area contributed by atoms with E-state index in [2.05, 4.69) is 15.9 Å². The monoisotopic (exact) mass is 435 g/mol. The first kappa shape index (κ1) is 21.9. The van der Waals surface area contributed by atoms with Gasteiger partial charge in [0.05, 0.1) is 0 Å². The lowest BCUT2D eigenvalue weighted by atomic mass is 9.94. The van der Waals surface area contributed by atoms with E-state index in [4.69, 9.17) is 23.7 Å². The molecule has 0 aromatic carbocycles. The second-order valence-electron chi connectivity index (χ2n) is 5.39. The van der Waals surface area contributed by atoms with Crippen molar-refractivity contribution in [1.82, 2.24) is 0 Å². The summed E-state index contributed by atoms with van der Waals surface area (Å²) in [6.07, 6.45) is -5.29. The Kier molecular flexibility index (Phi) is 7.53. The number of hydrogen-bond acceptors (Lipinski definition) is 10. The fourth-order valence-electron chi connectivity index (χ4n) is 2.34. The molecule has 10 nitrogen and oxygen atoms in total. The van der Waals surface area contributed by atoms with Gasteiger partial charge in [-0.3, -0.25) is 19.2 Å². The molecule has 5 atom stereocenters. The summed E-state index contributed by atoms with van der Waals surface area (Å²) in [5, 5.41) is 9.48. The first-order valence-corrected chi connectivity index (χ1v) is 8.22. The van der Waals surface area contributed by atoms with E-state index in [0.29, 0.717) is 0 Å². The summed E-state index contributed by atoms with van der Waals surface area (Å²) >= 11 is 3.03. The highest BCUT2D eigenvalue weighted by atomic mass is 79.9. The molecule has 11 heteroatoms.